The molecule has 0 saturated heterocycles. The molecule has 3 aromatic rings. The van der Waals surface area contributed by atoms with Crippen LogP contribution in [0.25, 0.3) is 17.1 Å². The lowest BCUT2D eigenvalue weighted by molar-refractivity contribution is -0.111. The van der Waals surface area contributed by atoms with Crippen LogP contribution in [0, 0.1) is 0 Å². The third-order valence-electron chi connectivity index (χ3n) is 3.32. The van der Waals surface area contributed by atoms with Crippen LogP contribution in [-0.4, -0.2) is 22.5 Å². The summed E-state index contributed by atoms with van der Waals surface area (Å²) in [7, 11) is 0. The molecule has 0 fully saturated rings. The molecule has 0 saturated carbocycles. The van der Waals surface area contributed by atoms with Crippen molar-refractivity contribution < 1.29 is 18.3 Å². The molecule has 0 radical (unpaired) electrons. The lowest BCUT2D eigenvalue weighted by Gasteiger charge is -2.04. The van der Waals surface area contributed by atoms with Gasteiger partial charge >= 0.3 is 12.3 Å². The van der Waals surface area contributed by atoms with Crippen LogP contribution < -0.4 is 15.7 Å². The lowest BCUT2D eigenvalue weighted by atomic mass is 10.2. The number of carbonyl (C=O) groups is 1. The van der Waals surface area contributed by atoms with Gasteiger partial charge in [0.25, 0.3) is 0 Å². The Labute approximate surface area is 140 Å². The minimum atomic E-state index is -2.88. The van der Waals surface area contributed by atoms with Gasteiger partial charge in [-0.3, -0.25) is 4.79 Å². The average Bonchev–Trinajstić information content (AvgIpc) is 2.93. The van der Waals surface area contributed by atoms with E-state index in [4.69, 9.17) is 0 Å². The van der Waals surface area contributed by atoms with Crippen LogP contribution in [0.5, 0.6) is 5.75 Å². The van der Waals surface area contributed by atoms with Gasteiger partial charge in [-0.05, 0) is 42.0 Å². The number of aromatic nitrogens is 2. The Balaban J connectivity index is 1.64. The van der Waals surface area contributed by atoms with E-state index in [0.717, 1.165) is 0 Å². The third-order valence-corrected chi connectivity index (χ3v) is 3.32. The Morgan fingerprint density at radius 2 is 1.80 bits per heavy atom. The van der Waals surface area contributed by atoms with Gasteiger partial charge in [-0.2, -0.15) is 8.78 Å². The summed E-state index contributed by atoms with van der Waals surface area (Å²) < 4.78 is 28.4. The molecule has 1 amide bonds. The van der Waals surface area contributed by atoms with Crippen molar-refractivity contribution in [1.82, 2.24) is 9.97 Å². The molecule has 0 aliphatic carbocycles. The largest absolute Gasteiger partial charge is 0.435 e. The van der Waals surface area contributed by atoms with E-state index in [1.54, 1.807) is 30.3 Å². The molecular formula is C17H13F2N3O3. The number of hydrogen-bond donors (Lipinski definition) is 3. The summed E-state index contributed by atoms with van der Waals surface area (Å²) in [6.07, 6.45) is 2.85. The van der Waals surface area contributed by atoms with E-state index in [-0.39, 0.29) is 17.3 Å². The summed E-state index contributed by atoms with van der Waals surface area (Å²) in [4.78, 5) is 28.4. The van der Waals surface area contributed by atoms with E-state index in [0.29, 0.717) is 22.3 Å². The van der Waals surface area contributed by atoms with Crippen molar-refractivity contribution in [1.29, 1.82) is 0 Å². The predicted octanol–water partition coefficient (Wildman–Crippen LogP) is 3.11. The number of halogens is 2. The number of benzene rings is 2. The Bertz CT molecular complexity index is 975. The van der Waals surface area contributed by atoms with E-state index in [9.17, 15) is 18.4 Å². The van der Waals surface area contributed by atoms with Crippen molar-refractivity contribution in [3.8, 4) is 5.75 Å². The maximum Gasteiger partial charge on any atom is 0.387 e. The highest BCUT2D eigenvalue weighted by Crippen LogP contribution is 2.16. The van der Waals surface area contributed by atoms with Gasteiger partial charge < -0.3 is 20.0 Å². The first-order valence-corrected chi connectivity index (χ1v) is 7.25. The first kappa shape index (κ1) is 16.4. The second kappa shape index (κ2) is 7.00. The number of alkyl halides is 2. The van der Waals surface area contributed by atoms with Crippen LogP contribution in [0.1, 0.15) is 5.56 Å². The van der Waals surface area contributed by atoms with Gasteiger partial charge in [-0.1, -0.05) is 12.1 Å². The lowest BCUT2D eigenvalue weighted by Crippen LogP contribution is -2.07. The van der Waals surface area contributed by atoms with Crippen LogP contribution in [-0.2, 0) is 4.79 Å². The monoisotopic (exact) mass is 345 g/mol. The van der Waals surface area contributed by atoms with Gasteiger partial charge in [-0.25, -0.2) is 4.79 Å². The quantitative estimate of drug-likeness (QED) is 0.621. The average molecular weight is 345 g/mol. The zero-order chi connectivity index (χ0) is 17.8. The SMILES string of the molecule is O=C(/C=C/c1ccc(OC(F)F)cc1)Nc1ccc2[nH]c(=O)[nH]c2c1. The van der Waals surface area contributed by atoms with E-state index >= 15 is 0 Å². The standard InChI is InChI=1S/C17H13F2N3O3/c18-16(19)25-12-5-1-10(2-6-12)3-8-15(23)20-11-4-7-13-14(9-11)22-17(24)21-13/h1-9,16H,(H,20,23)(H2,21,22,24)/b8-3+. The Kier molecular flexibility index (Phi) is 4.60. The number of carbonyl (C=O) groups excluding carboxylic acids is 1. The summed E-state index contributed by atoms with van der Waals surface area (Å²) in [6, 6.07) is 10.9. The molecule has 0 spiro atoms. The zero-order valence-electron chi connectivity index (χ0n) is 12.8. The summed E-state index contributed by atoms with van der Waals surface area (Å²) in [6.45, 7) is -2.88. The van der Waals surface area contributed by atoms with Gasteiger partial charge in [0, 0.05) is 11.8 Å². The van der Waals surface area contributed by atoms with Crippen molar-refractivity contribution in [3.63, 3.8) is 0 Å². The van der Waals surface area contributed by atoms with Gasteiger partial charge in [0.15, 0.2) is 0 Å². The normalized spacial score (nSPS) is 11.3. The molecular weight excluding hydrogens is 332 g/mol. The molecule has 1 heterocycles. The van der Waals surface area contributed by atoms with Crippen LogP contribution in [0.15, 0.2) is 53.3 Å². The summed E-state index contributed by atoms with van der Waals surface area (Å²) >= 11 is 0. The van der Waals surface area contributed by atoms with E-state index in [1.165, 1.54) is 24.3 Å². The smallest absolute Gasteiger partial charge is 0.387 e. The Morgan fingerprint density at radius 1 is 1.08 bits per heavy atom. The fourth-order valence-corrected chi connectivity index (χ4v) is 2.23. The number of fused-ring (bicyclic) bond motifs is 1. The minimum absolute atomic E-state index is 0.0467. The van der Waals surface area contributed by atoms with Gasteiger partial charge in [0.2, 0.25) is 5.91 Å². The van der Waals surface area contributed by atoms with Gasteiger partial charge in [-0.15, -0.1) is 0 Å². The number of aromatic amines is 2. The molecule has 6 nitrogen and oxygen atoms in total. The Hall–Kier alpha value is -3.42. The number of amides is 1. The summed E-state index contributed by atoms with van der Waals surface area (Å²) in [5.41, 5.74) is 2.09. The number of rotatable bonds is 5. The highest BCUT2D eigenvalue weighted by atomic mass is 19.3. The molecule has 8 heteroatoms. The van der Waals surface area contributed by atoms with E-state index in [1.807, 2.05) is 0 Å². The molecule has 25 heavy (non-hydrogen) atoms. The van der Waals surface area contributed by atoms with Crippen LogP contribution in [0.2, 0.25) is 0 Å². The molecule has 128 valence electrons. The first-order valence-electron chi connectivity index (χ1n) is 7.25. The number of imidazole rings is 1. The molecule has 0 unspecified atom stereocenters. The summed E-state index contributed by atoms with van der Waals surface area (Å²) in [5.74, 6) is -0.324. The molecule has 0 aliphatic rings. The maximum atomic E-state index is 12.1. The molecule has 0 atom stereocenters. The highest BCUT2D eigenvalue weighted by molar-refractivity contribution is 6.02. The van der Waals surface area contributed by atoms with E-state index < -0.39 is 6.61 Å². The van der Waals surface area contributed by atoms with Gasteiger partial charge in [0.1, 0.15) is 5.75 Å². The minimum Gasteiger partial charge on any atom is -0.435 e. The number of H-pyrrole nitrogens is 2. The van der Waals surface area contributed by atoms with Crippen molar-refractivity contribution in [2.45, 2.75) is 6.61 Å². The number of nitrogens with one attached hydrogen (secondary N) is 3. The number of hydrogen-bond acceptors (Lipinski definition) is 3. The fourth-order valence-electron chi connectivity index (χ4n) is 2.23. The fraction of sp³-hybridized carbons (Fsp3) is 0.0588. The number of ether oxygens (including phenoxy) is 1. The maximum absolute atomic E-state index is 12.1. The van der Waals surface area contributed by atoms with Crippen molar-refractivity contribution >= 4 is 28.7 Å². The van der Waals surface area contributed by atoms with Gasteiger partial charge in [0.05, 0.1) is 11.0 Å². The predicted molar refractivity (Wildman–Crippen MR) is 89.7 cm³/mol. The first-order chi connectivity index (χ1) is 12.0. The molecule has 0 aliphatic heterocycles. The third kappa shape index (κ3) is 4.31. The topological polar surface area (TPSA) is 87.0 Å². The van der Waals surface area contributed by atoms with Crippen LogP contribution in [0.4, 0.5) is 14.5 Å². The molecule has 0 bridgehead atoms. The number of anilines is 1. The van der Waals surface area contributed by atoms with Crippen molar-refractivity contribution in [2.75, 3.05) is 5.32 Å². The molecule has 3 N–H and O–H groups in total. The molecule has 2 aromatic carbocycles. The second-order valence-electron chi connectivity index (χ2n) is 5.11. The second-order valence-corrected chi connectivity index (χ2v) is 5.11. The zero-order valence-corrected chi connectivity index (χ0v) is 12.8. The highest BCUT2D eigenvalue weighted by Gasteiger charge is 2.04. The van der Waals surface area contributed by atoms with Crippen molar-refractivity contribution in [3.05, 3.63) is 64.6 Å². The molecule has 3 rings (SSSR count). The molecule has 1 aromatic heterocycles. The Morgan fingerprint density at radius 3 is 2.52 bits per heavy atom. The van der Waals surface area contributed by atoms with Crippen LogP contribution >= 0.6 is 0 Å². The van der Waals surface area contributed by atoms with Crippen molar-refractivity contribution in [2.24, 2.45) is 0 Å². The van der Waals surface area contributed by atoms with Crippen LogP contribution in [0.3, 0.4) is 0 Å². The van der Waals surface area contributed by atoms with E-state index in [2.05, 4.69) is 20.0 Å². The summed E-state index contributed by atoms with van der Waals surface area (Å²) in [5, 5.41) is 2.67.